The average molecular weight is 382 g/mol. The van der Waals surface area contributed by atoms with Gasteiger partial charge in [0.25, 0.3) is 0 Å². The lowest BCUT2D eigenvalue weighted by atomic mass is 9.90. The van der Waals surface area contributed by atoms with Crippen molar-refractivity contribution in [1.82, 2.24) is 4.31 Å². The second kappa shape index (κ2) is 6.22. The summed E-state index contributed by atoms with van der Waals surface area (Å²) in [6.45, 7) is 2.89. The first kappa shape index (κ1) is 18.5. The van der Waals surface area contributed by atoms with E-state index >= 15 is 0 Å². The molecule has 1 saturated heterocycles. The molecule has 0 bridgehead atoms. The van der Waals surface area contributed by atoms with Gasteiger partial charge < -0.3 is 10.2 Å². The van der Waals surface area contributed by atoms with Crippen molar-refractivity contribution in [1.29, 1.82) is 0 Å². The number of rotatable bonds is 4. The van der Waals surface area contributed by atoms with E-state index in [-0.39, 0.29) is 28.0 Å². The Morgan fingerprint density at radius 3 is 2.26 bits per heavy atom. The quantitative estimate of drug-likeness (QED) is 0.833. The van der Waals surface area contributed by atoms with Gasteiger partial charge in [-0.05, 0) is 38.5 Å². The Hall–Kier alpha value is -0.860. The molecule has 0 amide bonds. The lowest BCUT2D eigenvalue weighted by molar-refractivity contribution is -0.141. The molecule has 1 aliphatic heterocycles. The molecule has 2 N–H and O–H groups in total. The van der Waals surface area contributed by atoms with Crippen molar-refractivity contribution in [2.45, 2.75) is 36.7 Å². The third kappa shape index (κ3) is 3.21. The molecule has 0 spiro atoms. The third-order valence-electron chi connectivity index (χ3n) is 4.26. The molecule has 0 saturated carbocycles. The van der Waals surface area contributed by atoms with Crippen molar-refractivity contribution in [3.63, 3.8) is 0 Å². The third-order valence-corrected chi connectivity index (χ3v) is 6.77. The van der Waals surface area contributed by atoms with Crippen molar-refractivity contribution in [3.8, 4) is 0 Å². The number of carboxylic acids is 1. The van der Waals surface area contributed by atoms with E-state index in [1.54, 1.807) is 13.8 Å². The van der Waals surface area contributed by atoms with Gasteiger partial charge in [0.15, 0.2) is 0 Å². The van der Waals surface area contributed by atoms with Crippen LogP contribution in [0.15, 0.2) is 23.1 Å². The van der Waals surface area contributed by atoms with Crippen LogP contribution < -0.4 is 0 Å². The van der Waals surface area contributed by atoms with Crippen molar-refractivity contribution in [2.75, 3.05) is 6.61 Å². The number of hydrogen-bond acceptors (Lipinski definition) is 4. The van der Waals surface area contributed by atoms with E-state index in [9.17, 15) is 23.4 Å². The van der Waals surface area contributed by atoms with Crippen molar-refractivity contribution in [3.05, 3.63) is 28.2 Å². The maximum atomic E-state index is 13.0. The molecule has 9 heteroatoms. The predicted molar refractivity (Wildman–Crippen MR) is 86.2 cm³/mol. The number of aliphatic carboxylic acids is 1. The molecule has 1 fully saturated rings. The Labute approximate surface area is 144 Å². The van der Waals surface area contributed by atoms with Gasteiger partial charge in [0.05, 0.1) is 4.90 Å². The van der Waals surface area contributed by atoms with Gasteiger partial charge in [-0.3, -0.25) is 4.79 Å². The van der Waals surface area contributed by atoms with E-state index in [1.165, 1.54) is 18.2 Å². The van der Waals surface area contributed by atoms with Crippen LogP contribution in [0, 0.1) is 5.92 Å². The monoisotopic (exact) mass is 381 g/mol. The number of halogens is 2. The van der Waals surface area contributed by atoms with Crippen LogP contribution in [-0.2, 0) is 14.8 Å². The standard InChI is InChI=1S/C14H17Cl2NO5S/c1-14(2)8(7-18)3-12(13(19)20)17(14)23(21,22)11-5-9(15)4-10(16)6-11/h4-6,8,12,18H,3,7H2,1-2H3,(H,19,20)/t8-,12-/m0/s1. The highest BCUT2D eigenvalue weighted by Crippen LogP contribution is 2.43. The molecule has 0 aromatic heterocycles. The first-order chi connectivity index (χ1) is 10.5. The summed E-state index contributed by atoms with van der Waals surface area (Å²) in [6.07, 6.45) is 0.0341. The number of carboxylic acid groups (broad SMARTS) is 1. The van der Waals surface area contributed by atoms with Crippen LogP contribution in [0.4, 0.5) is 0 Å². The molecule has 2 rings (SSSR count). The summed E-state index contributed by atoms with van der Waals surface area (Å²) in [7, 11) is -4.16. The van der Waals surface area contributed by atoms with Crippen LogP contribution >= 0.6 is 23.2 Å². The molecule has 0 radical (unpaired) electrons. The fourth-order valence-corrected chi connectivity index (χ4v) is 5.72. The van der Waals surface area contributed by atoms with Crippen LogP contribution in [0.5, 0.6) is 0 Å². The van der Waals surface area contributed by atoms with Gasteiger partial charge in [-0.2, -0.15) is 4.31 Å². The van der Waals surface area contributed by atoms with Gasteiger partial charge in [-0.25, -0.2) is 8.42 Å². The van der Waals surface area contributed by atoms with E-state index < -0.39 is 33.5 Å². The van der Waals surface area contributed by atoms with Crippen LogP contribution in [0.3, 0.4) is 0 Å². The van der Waals surface area contributed by atoms with Crippen LogP contribution in [0.2, 0.25) is 10.0 Å². The maximum Gasteiger partial charge on any atom is 0.322 e. The Morgan fingerprint density at radius 1 is 1.30 bits per heavy atom. The van der Waals surface area contributed by atoms with Crippen LogP contribution in [0.25, 0.3) is 0 Å². The fourth-order valence-electron chi connectivity index (χ4n) is 3.00. The summed E-state index contributed by atoms with van der Waals surface area (Å²) in [6, 6.07) is 2.58. The number of carbonyl (C=O) groups is 1. The predicted octanol–water partition coefficient (Wildman–Crippen LogP) is 2.23. The number of nitrogens with zero attached hydrogens (tertiary/aromatic N) is 1. The Balaban J connectivity index is 2.61. The van der Waals surface area contributed by atoms with E-state index in [4.69, 9.17) is 23.2 Å². The van der Waals surface area contributed by atoms with Gasteiger partial charge in [0, 0.05) is 28.1 Å². The SMILES string of the molecule is CC1(C)[C@H](CO)C[C@@H](C(=O)O)N1S(=O)(=O)c1cc(Cl)cc(Cl)c1. The fraction of sp³-hybridized carbons (Fsp3) is 0.500. The first-order valence-corrected chi connectivity index (χ1v) is 9.05. The topological polar surface area (TPSA) is 94.9 Å². The number of hydrogen-bond donors (Lipinski definition) is 2. The van der Waals surface area contributed by atoms with E-state index in [2.05, 4.69) is 0 Å². The van der Waals surface area contributed by atoms with Crippen molar-refractivity contribution < 1.29 is 23.4 Å². The highest BCUT2D eigenvalue weighted by molar-refractivity contribution is 7.89. The van der Waals surface area contributed by atoms with Gasteiger partial charge in [0.1, 0.15) is 6.04 Å². The van der Waals surface area contributed by atoms with E-state index in [0.717, 1.165) is 4.31 Å². The van der Waals surface area contributed by atoms with Gasteiger partial charge in [-0.1, -0.05) is 23.2 Å². The average Bonchev–Trinajstić information content (AvgIpc) is 2.69. The molecule has 23 heavy (non-hydrogen) atoms. The smallest absolute Gasteiger partial charge is 0.322 e. The molecular formula is C14H17Cl2NO5S. The highest BCUT2D eigenvalue weighted by Gasteiger charge is 2.55. The summed E-state index contributed by atoms with van der Waals surface area (Å²) >= 11 is 11.7. The maximum absolute atomic E-state index is 13.0. The highest BCUT2D eigenvalue weighted by atomic mass is 35.5. The molecule has 6 nitrogen and oxygen atoms in total. The molecule has 2 atom stereocenters. The molecular weight excluding hydrogens is 365 g/mol. The Morgan fingerprint density at radius 2 is 1.83 bits per heavy atom. The molecule has 0 unspecified atom stereocenters. The molecule has 1 heterocycles. The zero-order valence-electron chi connectivity index (χ0n) is 12.5. The molecule has 1 aromatic carbocycles. The minimum absolute atomic E-state index is 0.0341. The zero-order valence-corrected chi connectivity index (χ0v) is 14.9. The summed E-state index contributed by atoms with van der Waals surface area (Å²) in [5.74, 6) is -1.75. The van der Waals surface area contributed by atoms with Gasteiger partial charge >= 0.3 is 5.97 Å². The molecule has 0 aliphatic carbocycles. The largest absolute Gasteiger partial charge is 0.480 e. The van der Waals surface area contributed by atoms with Crippen molar-refractivity contribution >= 4 is 39.2 Å². The number of benzene rings is 1. The minimum Gasteiger partial charge on any atom is -0.480 e. The number of sulfonamides is 1. The Bertz CT molecular complexity index is 714. The molecule has 1 aromatic rings. The minimum atomic E-state index is -4.16. The molecule has 128 valence electrons. The summed E-state index contributed by atoms with van der Waals surface area (Å²) < 4.78 is 26.9. The lowest BCUT2D eigenvalue weighted by Crippen LogP contribution is -2.51. The number of aliphatic hydroxyl groups is 1. The molecule has 1 aliphatic rings. The van der Waals surface area contributed by atoms with E-state index in [0.29, 0.717) is 0 Å². The van der Waals surface area contributed by atoms with E-state index in [1.807, 2.05) is 0 Å². The normalized spacial score (nSPS) is 24.7. The second-order valence-electron chi connectivity index (χ2n) is 6.03. The summed E-state index contributed by atoms with van der Waals surface area (Å²) in [4.78, 5) is 11.4. The summed E-state index contributed by atoms with van der Waals surface area (Å²) in [5, 5.41) is 19.2. The first-order valence-electron chi connectivity index (χ1n) is 6.86. The van der Waals surface area contributed by atoms with Crippen LogP contribution in [-0.4, -0.2) is 47.1 Å². The number of aliphatic hydroxyl groups excluding tert-OH is 1. The zero-order chi connectivity index (χ0) is 17.6. The lowest BCUT2D eigenvalue weighted by Gasteiger charge is -2.35. The second-order valence-corrected chi connectivity index (χ2v) is 8.72. The summed E-state index contributed by atoms with van der Waals surface area (Å²) in [5.41, 5.74) is -1.06. The van der Waals surface area contributed by atoms with Gasteiger partial charge in [0.2, 0.25) is 10.0 Å². The Kier molecular flexibility index (Phi) is 4.99. The van der Waals surface area contributed by atoms with Crippen molar-refractivity contribution in [2.24, 2.45) is 5.92 Å². The van der Waals surface area contributed by atoms with Gasteiger partial charge in [-0.15, -0.1) is 0 Å². The van der Waals surface area contributed by atoms with Crippen LogP contribution in [0.1, 0.15) is 20.3 Å².